The zero-order valence-electron chi connectivity index (χ0n) is 14.9. The number of aryl methyl sites for hydroxylation is 1. The van der Waals surface area contributed by atoms with Crippen molar-refractivity contribution >= 4 is 5.91 Å². The van der Waals surface area contributed by atoms with Gasteiger partial charge in [-0.1, -0.05) is 11.2 Å². The minimum absolute atomic E-state index is 0.0142. The van der Waals surface area contributed by atoms with E-state index in [9.17, 15) is 4.79 Å². The fourth-order valence-electron chi connectivity index (χ4n) is 2.76. The van der Waals surface area contributed by atoms with Crippen LogP contribution in [0.1, 0.15) is 53.9 Å². The van der Waals surface area contributed by atoms with Gasteiger partial charge in [0.15, 0.2) is 5.69 Å². The normalized spacial score (nSPS) is 14.8. The Morgan fingerprint density at radius 1 is 1.32 bits per heavy atom. The first-order valence-corrected chi connectivity index (χ1v) is 8.59. The number of ether oxygens (including phenoxy) is 2. The van der Waals surface area contributed by atoms with E-state index in [-0.39, 0.29) is 11.9 Å². The third kappa shape index (κ3) is 4.32. The summed E-state index contributed by atoms with van der Waals surface area (Å²) in [7, 11) is 3.27. The molecule has 0 bridgehead atoms. The first-order valence-electron chi connectivity index (χ1n) is 8.59. The largest absolute Gasteiger partial charge is 0.497 e. The Kier molecular flexibility index (Phi) is 5.26. The summed E-state index contributed by atoms with van der Waals surface area (Å²) in [5, 5.41) is 6.85. The molecular formula is C19H24N2O4. The van der Waals surface area contributed by atoms with E-state index in [0.29, 0.717) is 11.6 Å². The molecule has 0 aliphatic heterocycles. The van der Waals surface area contributed by atoms with Crippen molar-refractivity contribution in [2.75, 3.05) is 14.2 Å². The standard InChI is InChI=1S/C19H24N2O4/c1-12(4-5-13-8-9-15(23-2)10-17(13)24-3)20-19(22)16-11-18(25-21-16)14-6-7-14/h8-12,14H,4-7H2,1-3H3,(H,20,22). The lowest BCUT2D eigenvalue weighted by molar-refractivity contribution is 0.0929. The third-order valence-corrected chi connectivity index (χ3v) is 4.46. The first-order chi connectivity index (χ1) is 12.1. The average Bonchev–Trinajstić information content (AvgIpc) is 3.36. The number of aromatic nitrogens is 1. The van der Waals surface area contributed by atoms with Crippen LogP contribution in [-0.4, -0.2) is 31.3 Å². The van der Waals surface area contributed by atoms with E-state index in [4.69, 9.17) is 14.0 Å². The van der Waals surface area contributed by atoms with E-state index >= 15 is 0 Å². The zero-order valence-corrected chi connectivity index (χ0v) is 14.9. The van der Waals surface area contributed by atoms with E-state index in [1.165, 1.54) is 0 Å². The van der Waals surface area contributed by atoms with Crippen molar-refractivity contribution in [1.29, 1.82) is 0 Å². The lowest BCUT2D eigenvalue weighted by Crippen LogP contribution is -2.33. The second-order valence-corrected chi connectivity index (χ2v) is 6.48. The summed E-state index contributed by atoms with van der Waals surface area (Å²) >= 11 is 0. The minimum Gasteiger partial charge on any atom is -0.497 e. The molecule has 1 aliphatic carbocycles. The molecule has 1 heterocycles. The van der Waals surface area contributed by atoms with Gasteiger partial charge in [-0.25, -0.2) is 0 Å². The van der Waals surface area contributed by atoms with Gasteiger partial charge in [0.05, 0.1) is 14.2 Å². The predicted molar refractivity (Wildman–Crippen MR) is 93.3 cm³/mol. The van der Waals surface area contributed by atoms with Gasteiger partial charge in [0, 0.05) is 24.1 Å². The van der Waals surface area contributed by atoms with Gasteiger partial charge in [-0.2, -0.15) is 0 Å². The number of hydrogen-bond acceptors (Lipinski definition) is 5. The third-order valence-electron chi connectivity index (χ3n) is 4.46. The number of nitrogens with one attached hydrogen (secondary N) is 1. The molecule has 1 amide bonds. The summed E-state index contributed by atoms with van der Waals surface area (Å²) in [4.78, 5) is 12.3. The number of nitrogens with zero attached hydrogens (tertiary/aromatic N) is 1. The maximum absolute atomic E-state index is 12.3. The molecule has 1 aliphatic rings. The van der Waals surface area contributed by atoms with Crippen molar-refractivity contribution in [1.82, 2.24) is 10.5 Å². The quantitative estimate of drug-likeness (QED) is 0.795. The van der Waals surface area contributed by atoms with Crippen LogP contribution in [0.4, 0.5) is 0 Å². The molecule has 0 radical (unpaired) electrons. The molecule has 3 rings (SSSR count). The molecule has 1 unspecified atom stereocenters. The Morgan fingerprint density at radius 3 is 2.80 bits per heavy atom. The van der Waals surface area contributed by atoms with Gasteiger partial charge in [0.1, 0.15) is 17.3 Å². The van der Waals surface area contributed by atoms with Gasteiger partial charge in [0.25, 0.3) is 5.91 Å². The van der Waals surface area contributed by atoms with Crippen LogP contribution in [-0.2, 0) is 6.42 Å². The van der Waals surface area contributed by atoms with Crippen LogP contribution in [0.2, 0.25) is 0 Å². The van der Waals surface area contributed by atoms with Crippen molar-refractivity contribution in [3.63, 3.8) is 0 Å². The van der Waals surface area contributed by atoms with E-state index in [0.717, 1.165) is 48.5 Å². The van der Waals surface area contributed by atoms with Crippen molar-refractivity contribution in [3.05, 3.63) is 41.3 Å². The Labute approximate surface area is 147 Å². The monoisotopic (exact) mass is 344 g/mol. The summed E-state index contributed by atoms with van der Waals surface area (Å²) in [6.07, 6.45) is 3.83. The molecule has 1 saturated carbocycles. The number of rotatable bonds is 8. The van der Waals surface area contributed by atoms with Gasteiger partial charge < -0.3 is 19.3 Å². The fraction of sp³-hybridized carbons (Fsp3) is 0.474. The summed E-state index contributed by atoms with van der Waals surface area (Å²) in [6, 6.07) is 7.54. The van der Waals surface area contributed by atoms with Crippen molar-refractivity contribution < 1.29 is 18.8 Å². The first kappa shape index (κ1) is 17.3. The molecule has 25 heavy (non-hydrogen) atoms. The number of carbonyl (C=O) groups excluding carboxylic acids is 1. The van der Waals surface area contributed by atoms with Crippen molar-refractivity contribution in [2.45, 2.75) is 44.6 Å². The van der Waals surface area contributed by atoms with Crippen LogP contribution in [0.3, 0.4) is 0 Å². The lowest BCUT2D eigenvalue weighted by Gasteiger charge is -2.15. The molecule has 6 nitrogen and oxygen atoms in total. The van der Waals surface area contributed by atoms with Crippen LogP contribution >= 0.6 is 0 Å². The zero-order chi connectivity index (χ0) is 17.8. The van der Waals surface area contributed by atoms with Crippen molar-refractivity contribution in [2.24, 2.45) is 0 Å². The average molecular weight is 344 g/mol. The van der Waals surface area contributed by atoms with Crippen LogP contribution in [0.5, 0.6) is 11.5 Å². The summed E-state index contributed by atoms with van der Waals surface area (Å²) in [5.74, 6) is 2.64. The highest BCUT2D eigenvalue weighted by atomic mass is 16.5. The molecule has 1 atom stereocenters. The fourth-order valence-corrected chi connectivity index (χ4v) is 2.76. The Hall–Kier alpha value is -2.50. The molecular weight excluding hydrogens is 320 g/mol. The SMILES string of the molecule is COc1ccc(CCC(C)NC(=O)c2cc(C3CC3)on2)c(OC)c1. The summed E-state index contributed by atoms with van der Waals surface area (Å²) in [5.41, 5.74) is 1.44. The van der Waals surface area contributed by atoms with Crippen LogP contribution < -0.4 is 14.8 Å². The van der Waals surface area contributed by atoms with E-state index < -0.39 is 0 Å². The summed E-state index contributed by atoms with van der Waals surface area (Å²) in [6.45, 7) is 1.98. The highest BCUT2D eigenvalue weighted by molar-refractivity contribution is 5.92. The highest BCUT2D eigenvalue weighted by Crippen LogP contribution is 2.40. The smallest absolute Gasteiger partial charge is 0.273 e. The molecule has 1 aromatic carbocycles. The van der Waals surface area contributed by atoms with E-state index in [1.807, 2.05) is 25.1 Å². The lowest BCUT2D eigenvalue weighted by atomic mass is 10.0. The van der Waals surface area contributed by atoms with Crippen LogP contribution in [0, 0.1) is 0 Å². The Bertz CT molecular complexity index is 737. The Balaban J connectivity index is 1.53. The molecule has 2 aromatic rings. The van der Waals surface area contributed by atoms with Gasteiger partial charge in [-0.3, -0.25) is 4.79 Å². The topological polar surface area (TPSA) is 73.6 Å². The number of benzene rings is 1. The van der Waals surface area contributed by atoms with Crippen LogP contribution in [0.25, 0.3) is 0 Å². The molecule has 0 saturated heterocycles. The summed E-state index contributed by atoms with van der Waals surface area (Å²) < 4.78 is 15.9. The maximum atomic E-state index is 12.3. The molecule has 1 N–H and O–H groups in total. The second kappa shape index (κ2) is 7.59. The molecule has 6 heteroatoms. The molecule has 1 aromatic heterocycles. The van der Waals surface area contributed by atoms with Crippen molar-refractivity contribution in [3.8, 4) is 11.5 Å². The van der Waals surface area contributed by atoms with E-state index in [2.05, 4.69) is 10.5 Å². The highest BCUT2D eigenvalue weighted by Gasteiger charge is 2.29. The predicted octanol–water partition coefficient (Wildman–Crippen LogP) is 3.32. The molecule has 0 spiro atoms. The maximum Gasteiger partial charge on any atom is 0.273 e. The van der Waals surface area contributed by atoms with Gasteiger partial charge in [-0.15, -0.1) is 0 Å². The number of amides is 1. The van der Waals surface area contributed by atoms with Crippen LogP contribution in [0.15, 0.2) is 28.8 Å². The Morgan fingerprint density at radius 2 is 2.12 bits per heavy atom. The van der Waals surface area contributed by atoms with Gasteiger partial charge in [-0.05, 0) is 44.2 Å². The second-order valence-electron chi connectivity index (χ2n) is 6.48. The van der Waals surface area contributed by atoms with Gasteiger partial charge in [0.2, 0.25) is 0 Å². The minimum atomic E-state index is -0.190. The number of carbonyl (C=O) groups is 1. The van der Waals surface area contributed by atoms with Gasteiger partial charge >= 0.3 is 0 Å². The molecule has 1 fully saturated rings. The number of methoxy groups -OCH3 is 2. The number of hydrogen-bond donors (Lipinski definition) is 1. The molecule has 134 valence electrons. The van der Waals surface area contributed by atoms with E-state index in [1.54, 1.807) is 20.3 Å².